The molecule has 0 N–H and O–H groups in total. The highest BCUT2D eigenvalue weighted by Crippen LogP contribution is 2.25. The van der Waals surface area contributed by atoms with Crippen molar-refractivity contribution >= 4 is 33.2 Å². The molecule has 4 aromatic carbocycles. The average molecular weight is 1370 g/mol. The zero-order chi connectivity index (χ0) is 72.2. The first kappa shape index (κ1) is 68.3. The Bertz CT molecular complexity index is 5800. The van der Waals surface area contributed by atoms with Gasteiger partial charge in [0.15, 0.2) is 23.0 Å². The first-order valence-electron chi connectivity index (χ1n) is 33.2. The quantitative estimate of drug-likeness (QED) is 0.134. The zero-order valence-electron chi connectivity index (χ0n) is 58.5. The topological polar surface area (TPSA) is 261 Å². The summed E-state index contributed by atoms with van der Waals surface area (Å²) in [7, 11) is 0. The van der Waals surface area contributed by atoms with Gasteiger partial charge in [-0.05, 0) is 129 Å². The standard InChI is InChI=1S/C14H10N4.2C14H13N3.C13H10N6.C13H12N4.C12H10N4/c1-10-17-13(7-15)14-16-8-12(9-18(10)14)11-5-3-2-4-6-11;2*1-10-14-9-8-13(12-6-4-3-5-7-12)16-17(14)11(2)15-10;1-9-11-7-16-13(10-4-3-5-15-6-10)18-19(11)12(17-9)8-14-2;1-9-12-8-14-13(11-6-4-3-5-7-11)16-17(12)10(2)15-9;1-9-12-6-5-11(15-16(12)8-14-9)10-4-2-3-7-13-10/h2-6,8-9H,1H3;2*3-9H,1-2H3;3-7H,8H2,1H3;3-8H,1-2H3;2-8H,1H3. The van der Waals surface area contributed by atoms with E-state index in [2.05, 4.69) is 128 Å². The Balaban J connectivity index is 0.000000111. The van der Waals surface area contributed by atoms with Gasteiger partial charge in [-0.1, -0.05) is 127 Å². The molecule has 0 aliphatic rings. The van der Waals surface area contributed by atoms with Gasteiger partial charge in [0.2, 0.25) is 5.82 Å². The summed E-state index contributed by atoms with van der Waals surface area (Å²) in [5, 5.41) is 31.6. The second-order valence-electron chi connectivity index (χ2n) is 23.9. The second kappa shape index (κ2) is 30.9. The van der Waals surface area contributed by atoms with Crippen molar-refractivity contribution in [3.63, 3.8) is 0 Å². The molecule has 0 atom stereocenters. The second-order valence-corrected chi connectivity index (χ2v) is 23.9. The van der Waals surface area contributed by atoms with Crippen LogP contribution in [0.4, 0.5) is 0 Å². The number of nitrogens with zero attached hydrogens (tertiary/aromatic N) is 24. The molecular formula is C80H68N24. The fourth-order valence-corrected chi connectivity index (χ4v) is 11.6. The van der Waals surface area contributed by atoms with Gasteiger partial charge >= 0.3 is 0 Å². The van der Waals surface area contributed by atoms with Gasteiger partial charge in [-0.15, -0.1) is 10.2 Å². The van der Waals surface area contributed by atoms with Crippen molar-refractivity contribution in [3.8, 4) is 73.9 Å². The molecule has 14 heterocycles. The molecule has 0 bridgehead atoms. The van der Waals surface area contributed by atoms with Gasteiger partial charge in [0.1, 0.15) is 52.4 Å². The van der Waals surface area contributed by atoms with Crippen molar-refractivity contribution in [3.05, 3.63) is 312 Å². The van der Waals surface area contributed by atoms with E-state index < -0.39 is 0 Å². The van der Waals surface area contributed by atoms with E-state index in [0.717, 1.165) is 141 Å². The SMILES string of the molecule is Cc1nc(C#N)c2ncc(-c3ccccc3)cn12.Cc1nc(C)n2nc(-c3ccccc3)ccc12.Cc1nc(C)n2nc(-c3ccccc3)ccc12.Cc1nc(C)n2nc(-c3ccccc3)ncc12.Cc1ncn2nc(-c3ccccn3)ccc12.[C-]#[N+]Cc1nc(C)c2cnc(-c3cccnc3)nn12. The first-order chi connectivity index (χ1) is 50.7. The molecule has 0 saturated heterocycles. The maximum atomic E-state index is 8.97. The summed E-state index contributed by atoms with van der Waals surface area (Å²) in [4.78, 5) is 50.7. The summed E-state index contributed by atoms with van der Waals surface area (Å²) in [5.74, 6) is 5.44. The van der Waals surface area contributed by atoms with Crippen molar-refractivity contribution in [1.82, 2.24) is 107 Å². The molecule has 18 aromatic rings. The van der Waals surface area contributed by atoms with Crippen LogP contribution in [0.5, 0.6) is 0 Å². The number of pyridine rings is 2. The normalized spacial score (nSPS) is 10.8. The van der Waals surface area contributed by atoms with Gasteiger partial charge in [0.25, 0.3) is 6.54 Å². The minimum Gasteiger partial charge on any atom is -0.308 e. The summed E-state index contributed by atoms with van der Waals surface area (Å²) in [5.41, 5.74) is 20.6. The third-order valence-corrected chi connectivity index (χ3v) is 16.8. The maximum Gasteiger partial charge on any atom is 0.273 e. The predicted molar refractivity (Wildman–Crippen MR) is 399 cm³/mol. The Labute approximate surface area is 598 Å². The summed E-state index contributed by atoms with van der Waals surface area (Å²) in [6, 6.07) is 64.1. The molecule has 0 aliphatic heterocycles. The zero-order valence-corrected chi connectivity index (χ0v) is 58.5. The lowest BCUT2D eigenvalue weighted by Gasteiger charge is -2.02. The minimum absolute atomic E-state index is 0.207. The summed E-state index contributed by atoms with van der Waals surface area (Å²) < 4.78 is 10.9. The van der Waals surface area contributed by atoms with Crippen LogP contribution in [0.2, 0.25) is 0 Å². The Morgan fingerprint density at radius 2 is 0.865 bits per heavy atom. The van der Waals surface area contributed by atoms with E-state index in [1.807, 2.05) is 244 Å². The molecule has 0 unspecified atom stereocenters. The van der Waals surface area contributed by atoms with Crippen molar-refractivity contribution in [2.24, 2.45) is 0 Å². The van der Waals surface area contributed by atoms with Crippen molar-refractivity contribution in [2.45, 2.75) is 68.9 Å². The van der Waals surface area contributed by atoms with E-state index in [1.165, 1.54) is 0 Å². The van der Waals surface area contributed by atoms with Crippen LogP contribution in [0.1, 0.15) is 63.3 Å². The Morgan fingerprint density at radius 1 is 0.365 bits per heavy atom. The van der Waals surface area contributed by atoms with Gasteiger partial charge in [-0.3, -0.25) is 14.4 Å². The van der Waals surface area contributed by atoms with Crippen LogP contribution < -0.4 is 0 Å². The van der Waals surface area contributed by atoms with Crippen LogP contribution >= 0.6 is 0 Å². The molecular weight excluding hydrogens is 1300 g/mol. The lowest BCUT2D eigenvalue weighted by atomic mass is 10.1. The van der Waals surface area contributed by atoms with E-state index in [9.17, 15) is 0 Å². The largest absolute Gasteiger partial charge is 0.308 e. The monoisotopic (exact) mass is 1360 g/mol. The predicted octanol–water partition coefficient (Wildman–Crippen LogP) is 15.0. The van der Waals surface area contributed by atoms with E-state index in [1.54, 1.807) is 46.3 Å². The number of imidazole rings is 6. The number of aromatic nitrogens is 22. The molecule has 508 valence electrons. The van der Waals surface area contributed by atoms with Crippen molar-refractivity contribution in [2.75, 3.05) is 0 Å². The number of rotatable bonds is 7. The molecule has 0 amide bonds. The van der Waals surface area contributed by atoms with E-state index in [4.69, 9.17) is 11.8 Å². The number of hydrogen-bond acceptors (Lipinski definition) is 17. The Hall–Kier alpha value is -14.3. The highest BCUT2D eigenvalue weighted by atomic mass is 15.3. The lowest BCUT2D eigenvalue weighted by Crippen LogP contribution is -2.01. The van der Waals surface area contributed by atoms with E-state index in [-0.39, 0.29) is 6.54 Å². The minimum atomic E-state index is 0.207. The third kappa shape index (κ3) is 15.0. The highest BCUT2D eigenvalue weighted by Gasteiger charge is 2.16. The fourth-order valence-electron chi connectivity index (χ4n) is 11.6. The van der Waals surface area contributed by atoms with Gasteiger partial charge in [0.05, 0.1) is 74.5 Å². The van der Waals surface area contributed by atoms with Crippen molar-refractivity contribution in [1.29, 1.82) is 5.26 Å². The molecule has 18 rings (SSSR count). The number of benzene rings is 4. The fraction of sp³-hybridized carbons (Fsp3) is 0.125. The van der Waals surface area contributed by atoms with Gasteiger partial charge < -0.3 is 4.85 Å². The van der Waals surface area contributed by atoms with Crippen LogP contribution in [0.25, 0.3) is 106 Å². The van der Waals surface area contributed by atoms with Crippen LogP contribution in [0.15, 0.2) is 238 Å². The number of aryl methyl sites for hydroxylation is 9. The van der Waals surface area contributed by atoms with Crippen LogP contribution in [-0.4, -0.2) is 107 Å². The van der Waals surface area contributed by atoms with E-state index >= 15 is 0 Å². The lowest BCUT2D eigenvalue weighted by molar-refractivity contribution is 0.834. The number of hydrogen-bond donors (Lipinski definition) is 0. The molecule has 0 fully saturated rings. The molecule has 24 nitrogen and oxygen atoms in total. The molecule has 0 spiro atoms. The average Bonchev–Trinajstić information content (AvgIpc) is 1.65. The number of nitriles is 1. The molecule has 0 saturated carbocycles. The van der Waals surface area contributed by atoms with Crippen molar-refractivity contribution < 1.29 is 0 Å². The first-order valence-corrected chi connectivity index (χ1v) is 33.2. The smallest absolute Gasteiger partial charge is 0.273 e. The van der Waals surface area contributed by atoms with Gasteiger partial charge in [-0.25, -0.2) is 74.0 Å². The Kier molecular flexibility index (Phi) is 20.3. The number of fused-ring (bicyclic) bond motifs is 6. The maximum absolute atomic E-state index is 8.97. The Morgan fingerprint density at radius 3 is 1.42 bits per heavy atom. The molecule has 24 heteroatoms. The van der Waals surface area contributed by atoms with E-state index in [0.29, 0.717) is 23.0 Å². The third-order valence-electron chi connectivity index (χ3n) is 16.8. The molecule has 104 heavy (non-hydrogen) atoms. The highest BCUT2D eigenvalue weighted by molar-refractivity contribution is 5.67. The van der Waals surface area contributed by atoms with Gasteiger partial charge in [0, 0.05) is 58.8 Å². The summed E-state index contributed by atoms with van der Waals surface area (Å²) in [6.07, 6.45) is 14.2. The molecule has 0 radical (unpaired) electrons. The summed E-state index contributed by atoms with van der Waals surface area (Å²) >= 11 is 0. The van der Waals surface area contributed by atoms with Gasteiger partial charge in [-0.2, -0.15) is 20.6 Å². The molecule has 14 aromatic heterocycles. The summed E-state index contributed by atoms with van der Waals surface area (Å²) in [6.45, 7) is 24.8. The molecule has 0 aliphatic carbocycles. The van der Waals surface area contributed by atoms with Crippen LogP contribution in [0, 0.1) is 80.2 Å². The van der Waals surface area contributed by atoms with Crippen LogP contribution in [0.3, 0.4) is 0 Å². The van der Waals surface area contributed by atoms with Crippen LogP contribution in [-0.2, 0) is 6.54 Å².